The number of hydrogen-bond acceptors (Lipinski definition) is 6. The topological polar surface area (TPSA) is 80.2 Å². The Morgan fingerprint density at radius 1 is 1.09 bits per heavy atom. The second-order valence-corrected chi connectivity index (χ2v) is 9.25. The summed E-state index contributed by atoms with van der Waals surface area (Å²) in [5.74, 6) is 6.00. The van der Waals surface area contributed by atoms with Gasteiger partial charge in [-0.1, -0.05) is 5.92 Å². The van der Waals surface area contributed by atoms with Crippen molar-refractivity contribution in [2.24, 2.45) is 5.92 Å². The van der Waals surface area contributed by atoms with Gasteiger partial charge in [-0.3, -0.25) is 9.78 Å². The van der Waals surface area contributed by atoms with Crippen molar-refractivity contribution in [2.75, 3.05) is 23.4 Å². The number of hydrogen-bond donors (Lipinski definition) is 1. The lowest BCUT2D eigenvalue weighted by molar-refractivity contribution is -0.117. The molecule has 1 saturated carbocycles. The Bertz CT molecular complexity index is 1350. The van der Waals surface area contributed by atoms with Crippen LogP contribution in [0.3, 0.4) is 0 Å². The van der Waals surface area contributed by atoms with Gasteiger partial charge in [-0.15, -0.1) is 0 Å². The number of amides is 1. The van der Waals surface area contributed by atoms with Gasteiger partial charge in [-0.25, -0.2) is 14.4 Å². The number of halogens is 1. The smallest absolute Gasteiger partial charge is 0.228 e. The number of morpholine rings is 1. The molecule has 3 aliphatic heterocycles. The first-order valence-corrected chi connectivity index (χ1v) is 11.7. The molecular formula is C26H24FN5O2. The summed E-state index contributed by atoms with van der Waals surface area (Å²) in [7, 11) is 0. The van der Waals surface area contributed by atoms with Crippen LogP contribution >= 0.6 is 0 Å². The molecule has 3 saturated heterocycles. The molecule has 0 aromatic carbocycles. The minimum Gasteiger partial charge on any atom is -0.374 e. The molecule has 4 fully saturated rings. The monoisotopic (exact) mass is 457 g/mol. The highest BCUT2D eigenvalue weighted by Crippen LogP contribution is 2.32. The molecule has 7 rings (SSSR count). The highest BCUT2D eigenvalue weighted by atomic mass is 19.1. The highest BCUT2D eigenvalue weighted by molar-refractivity contribution is 5.96. The minimum absolute atomic E-state index is 0.00916. The maximum Gasteiger partial charge on any atom is 0.228 e. The van der Waals surface area contributed by atoms with Crippen LogP contribution in [0.4, 0.5) is 15.9 Å². The number of pyridine rings is 3. The number of aryl methyl sites for hydroxylation is 1. The summed E-state index contributed by atoms with van der Waals surface area (Å²) in [6.45, 7) is 3.34. The summed E-state index contributed by atoms with van der Waals surface area (Å²) in [6.07, 6.45) is 9.20. The van der Waals surface area contributed by atoms with Crippen molar-refractivity contribution < 1.29 is 13.9 Å². The molecule has 172 valence electrons. The van der Waals surface area contributed by atoms with Crippen molar-refractivity contribution in [3.05, 3.63) is 53.5 Å². The normalized spacial score (nSPS) is 21.3. The van der Waals surface area contributed by atoms with Gasteiger partial charge in [0.25, 0.3) is 0 Å². The molecule has 2 atom stereocenters. The molecule has 3 aromatic heterocycles. The molecule has 2 bridgehead atoms. The fourth-order valence-corrected chi connectivity index (χ4v) is 4.68. The van der Waals surface area contributed by atoms with E-state index >= 15 is 0 Å². The van der Waals surface area contributed by atoms with E-state index in [-0.39, 0.29) is 29.7 Å². The van der Waals surface area contributed by atoms with Crippen molar-refractivity contribution in [1.29, 1.82) is 0 Å². The van der Waals surface area contributed by atoms with Gasteiger partial charge in [0.15, 0.2) is 5.82 Å². The number of ether oxygens (including phenoxy) is 1. The second-order valence-electron chi connectivity index (χ2n) is 9.25. The van der Waals surface area contributed by atoms with Crippen molar-refractivity contribution >= 4 is 28.2 Å². The van der Waals surface area contributed by atoms with E-state index in [2.05, 4.69) is 37.0 Å². The van der Waals surface area contributed by atoms with Gasteiger partial charge < -0.3 is 15.0 Å². The van der Waals surface area contributed by atoms with Gasteiger partial charge in [0.2, 0.25) is 5.91 Å². The van der Waals surface area contributed by atoms with Gasteiger partial charge >= 0.3 is 0 Å². The third kappa shape index (κ3) is 3.97. The highest BCUT2D eigenvalue weighted by Gasteiger charge is 2.35. The van der Waals surface area contributed by atoms with Crippen molar-refractivity contribution in [3.63, 3.8) is 0 Å². The van der Waals surface area contributed by atoms with Crippen LogP contribution in [0.1, 0.15) is 42.6 Å². The maximum atomic E-state index is 14.9. The standard InChI is InChI=1S/C26H24FN5O2/c1-15-22-12-30-25(31-26(33)16-2-3-16)9-21(22)17(10-28-15)4-7-24-23(27)8-19(11-29-24)32-13-20-6-5-18(32)14-34-20/h8-12,16,18,20H,2-3,5-6,13-14H2,1H3,(H,30,31,33)/t18-,20-/m1/s1. The number of nitrogens with zero attached hydrogens (tertiary/aromatic N) is 4. The predicted octanol–water partition coefficient (Wildman–Crippen LogP) is 3.59. The number of rotatable bonds is 3. The number of anilines is 2. The van der Waals surface area contributed by atoms with Crippen LogP contribution in [0.5, 0.6) is 0 Å². The van der Waals surface area contributed by atoms with Crippen LogP contribution in [0.2, 0.25) is 0 Å². The molecule has 7 nitrogen and oxygen atoms in total. The van der Waals surface area contributed by atoms with Crippen molar-refractivity contribution in [2.45, 2.75) is 44.8 Å². The van der Waals surface area contributed by atoms with E-state index in [1.165, 1.54) is 6.07 Å². The predicted molar refractivity (Wildman–Crippen MR) is 126 cm³/mol. The average molecular weight is 458 g/mol. The Morgan fingerprint density at radius 2 is 1.97 bits per heavy atom. The van der Waals surface area contributed by atoms with Crippen molar-refractivity contribution in [1.82, 2.24) is 15.0 Å². The largest absolute Gasteiger partial charge is 0.374 e. The Balaban J connectivity index is 1.29. The van der Waals surface area contributed by atoms with Crippen LogP contribution in [-0.2, 0) is 9.53 Å². The van der Waals surface area contributed by atoms with Crippen LogP contribution in [0.25, 0.3) is 10.8 Å². The molecule has 3 aromatic rings. The summed E-state index contributed by atoms with van der Waals surface area (Å²) in [6, 6.07) is 3.59. The number of aromatic nitrogens is 3. The molecule has 0 radical (unpaired) electrons. The average Bonchev–Trinajstić information content (AvgIpc) is 3.71. The van der Waals surface area contributed by atoms with E-state index < -0.39 is 5.82 Å². The number of nitrogens with one attached hydrogen (secondary N) is 1. The second kappa shape index (κ2) is 8.33. The van der Waals surface area contributed by atoms with Crippen LogP contribution in [-0.4, -0.2) is 46.2 Å². The lowest BCUT2D eigenvalue weighted by Crippen LogP contribution is -2.54. The van der Waals surface area contributed by atoms with Gasteiger partial charge in [-0.05, 0) is 44.6 Å². The lowest BCUT2D eigenvalue weighted by Gasteiger charge is -2.46. The van der Waals surface area contributed by atoms with E-state index in [9.17, 15) is 9.18 Å². The summed E-state index contributed by atoms with van der Waals surface area (Å²) >= 11 is 0. The number of carbonyl (C=O) groups is 1. The zero-order chi connectivity index (χ0) is 23.2. The van der Waals surface area contributed by atoms with E-state index in [0.717, 1.165) is 54.4 Å². The number of carbonyl (C=O) groups excluding carboxylic acids is 1. The SMILES string of the molecule is Cc1ncc(C#Cc2ncc(N3C[C@H]4CC[C@@H]3CO4)cc2F)c2cc(NC(=O)C3CC3)ncc12. The van der Waals surface area contributed by atoms with Gasteiger partial charge in [-0.2, -0.15) is 0 Å². The van der Waals surface area contributed by atoms with Crippen LogP contribution in [0.15, 0.2) is 30.7 Å². The zero-order valence-corrected chi connectivity index (χ0v) is 18.8. The molecule has 0 unspecified atom stereocenters. The lowest BCUT2D eigenvalue weighted by atomic mass is 9.96. The van der Waals surface area contributed by atoms with E-state index in [1.807, 2.05) is 6.92 Å². The van der Waals surface area contributed by atoms with E-state index in [1.54, 1.807) is 24.7 Å². The first kappa shape index (κ1) is 21.0. The Morgan fingerprint density at radius 3 is 2.68 bits per heavy atom. The molecular weight excluding hydrogens is 433 g/mol. The zero-order valence-electron chi connectivity index (χ0n) is 18.8. The van der Waals surface area contributed by atoms with E-state index in [0.29, 0.717) is 18.0 Å². The van der Waals surface area contributed by atoms with Crippen LogP contribution in [0, 0.1) is 30.5 Å². The molecule has 4 aliphatic rings. The third-order valence-corrected chi connectivity index (χ3v) is 6.83. The molecule has 0 spiro atoms. The third-order valence-electron chi connectivity index (χ3n) is 6.83. The molecule has 34 heavy (non-hydrogen) atoms. The molecule has 8 heteroatoms. The molecule has 1 N–H and O–H groups in total. The number of fused-ring (bicyclic) bond motifs is 4. The fraction of sp³-hybridized carbons (Fsp3) is 0.385. The molecule has 1 aliphatic carbocycles. The summed E-state index contributed by atoms with van der Waals surface area (Å²) < 4.78 is 20.7. The summed E-state index contributed by atoms with van der Waals surface area (Å²) in [5, 5.41) is 4.51. The van der Waals surface area contributed by atoms with E-state index in [4.69, 9.17) is 4.74 Å². The Labute approximate surface area is 196 Å². The minimum atomic E-state index is -0.448. The van der Waals surface area contributed by atoms with Gasteiger partial charge in [0, 0.05) is 47.4 Å². The fourth-order valence-electron chi connectivity index (χ4n) is 4.68. The molecule has 6 heterocycles. The molecule has 1 amide bonds. The summed E-state index contributed by atoms with van der Waals surface area (Å²) in [5.41, 5.74) is 2.29. The summed E-state index contributed by atoms with van der Waals surface area (Å²) in [4.78, 5) is 27.4. The first-order chi connectivity index (χ1) is 16.5. The van der Waals surface area contributed by atoms with Crippen molar-refractivity contribution in [3.8, 4) is 11.8 Å². The van der Waals surface area contributed by atoms with Gasteiger partial charge in [0.1, 0.15) is 11.5 Å². The maximum absolute atomic E-state index is 14.9. The number of piperidine rings is 1. The van der Waals surface area contributed by atoms with Crippen LogP contribution < -0.4 is 10.2 Å². The quantitative estimate of drug-likeness (QED) is 0.606. The Kier molecular flexibility index (Phi) is 5.15. The first-order valence-electron chi connectivity index (χ1n) is 11.7. The Hall–Kier alpha value is -3.57. The van der Waals surface area contributed by atoms with Gasteiger partial charge in [0.05, 0.1) is 36.2 Å².